The summed E-state index contributed by atoms with van der Waals surface area (Å²) >= 11 is 3.45. The van der Waals surface area contributed by atoms with E-state index in [1.165, 1.54) is 0 Å². The number of nitriles is 1. The zero-order chi connectivity index (χ0) is 20.1. The monoisotopic (exact) mass is 438 g/mol. The van der Waals surface area contributed by atoms with Gasteiger partial charge in [0.15, 0.2) is 0 Å². The highest BCUT2D eigenvalue weighted by molar-refractivity contribution is 9.10. The molecule has 5 nitrogen and oxygen atoms in total. The predicted octanol–water partition coefficient (Wildman–Crippen LogP) is 4.07. The second kappa shape index (κ2) is 6.91. The Morgan fingerprint density at radius 3 is 2.75 bits per heavy atom. The first-order chi connectivity index (χ1) is 13.4. The number of nitrogens with one attached hydrogen (secondary N) is 1. The van der Waals surface area contributed by atoms with Gasteiger partial charge in [0, 0.05) is 35.8 Å². The van der Waals surface area contributed by atoms with Gasteiger partial charge in [0.05, 0.1) is 22.4 Å². The van der Waals surface area contributed by atoms with Crippen molar-refractivity contribution in [3.05, 3.63) is 52.0 Å². The molecule has 0 saturated carbocycles. The van der Waals surface area contributed by atoms with Crippen LogP contribution >= 0.6 is 15.9 Å². The molecule has 0 aromatic heterocycles. The third kappa shape index (κ3) is 2.81. The third-order valence-corrected chi connectivity index (χ3v) is 6.47. The Labute approximate surface area is 174 Å². The van der Waals surface area contributed by atoms with Crippen molar-refractivity contribution in [2.75, 3.05) is 29.4 Å². The van der Waals surface area contributed by atoms with Crippen LogP contribution in [0.5, 0.6) is 0 Å². The van der Waals surface area contributed by atoms with Gasteiger partial charge < -0.3 is 10.2 Å². The fraction of sp³-hybridized carbons (Fsp3) is 0.364. The Hall–Kier alpha value is -2.36. The number of fused-ring (bicyclic) bond motifs is 1. The normalized spacial score (nSPS) is 20.8. The fourth-order valence-electron chi connectivity index (χ4n) is 4.19. The SMILES string of the molecule is CC1CNCCN1c1ccc2c(c1)N(c1cccc(Br)c1C#N)C(=O)C2(C)C. The lowest BCUT2D eigenvalue weighted by atomic mass is 9.86. The predicted molar refractivity (Wildman–Crippen MR) is 115 cm³/mol. The summed E-state index contributed by atoms with van der Waals surface area (Å²) in [6.45, 7) is 8.91. The van der Waals surface area contributed by atoms with Gasteiger partial charge in [-0.25, -0.2) is 0 Å². The van der Waals surface area contributed by atoms with Gasteiger partial charge in [-0.05, 0) is 66.5 Å². The van der Waals surface area contributed by atoms with E-state index in [9.17, 15) is 10.1 Å². The number of hydrogen-bond donors (Lipinski definition) is 1. The smallest absolute Gasteiger partial charge is 0.241 e. The van der Waals surface area contributed by atoms with Crippen LogP contribution < -0.4 is 15.1 Å². The number of carbonyl (C=O) groups excluding carboxylic acids is 1. The summed E-state index contributed by atoms with van der Waals surface area (Å²) < 4.78 is 0.693. The first-order valence-corrected chi connectivity index (χ1v) is 10.3. The summed E-state index contributed by atoms with van der Waals surface area (Å²) in [5, 5.41) is 13.1. The minimum Gasteiger partial charge on any atom is -0.366 e. The van der Waals surface area contributed by atoms with Crippen molar-refractivity contribution in [3.8, 4) is 6.07 Å². The Balaban J connectivity index is 1.88. The van der Waals surface area contributed by atoms with Crippen molar-refractivity contribution in [2.24, 2.45) is 0 Å². The number of hydrogen-bond acceptors (Lipinski definition) is 4. The molecule has 2 aliphatic heterocycles. The van der Waals surface area contributed by atoms with Crippen LogP contribution in [0.25, 0.3) is 0 Å². The zero-order valence-electron chi connectivity index (χ0n) is 16.3. The number of nitrogens with zero attached hydrogens (tertiary/aromatic N) is 3. The van der Waals surface area contributed by atoms with E-state index in [0.717, 1.165) is 36.6 Å². The van der Waals surface area contributed by atoms with Crippen LogP contribution in [-0.4, -0.2) is 31.6 Å². The lowest BCUT2D eigenvalue weighted by molar-refractivity contribution is -0.121. The molecule has 1 saturated heterocycles. The van der Waals surface area contributed by atoms with Gasteiger partial charge in [0.2, 0.25) is 5.91 Å². The molecule has 1 N–H and O–H groups in total. The molecule has 2 heterocycles. The van der Waals surface area contributed by atoms with Crippen molar-refractivity contribution in [1.29, 1.82) is 5.26 Å². The van der Waals surface area contributed by atoms with E-state index < -0.39 is 5.41 Å². The molecule has 144 valence electrons. The van der Waals surface area contributed by atoms with Crippen molar-refractivity contribution < 1.29 is 4.79 Å². The first-order valence-electron chi connectivity index (χ1n) is 9.51. The van der Waals surface area contributed by atoms with Crippen molar-refractivity contribution in [1.82, 2.24) is 5.32 Å². The molecular weight excluding hydrogens is 416 g/mol. The maximum absolute atomic E-state index is 13.4. The second-order valence-electron chi connectivity index (χ2n) is 7.96. The lowest BCUT2D eigenvalue weighted by Crippen LogP contribution is -2.49. The zero-order valence-corrected chi connectivity index (χ0v) is 17.9. The third-order valence-electron chi connectivity index (χ3n) is 5.81. The summed E-state index contributed by atoms with van der Waals surface area (Å²) in [5.41, 5.74) is 3.43. The lowest BCUT2D eigenvalue weighted by Gasteiger charge is -2.36. The van der Waals surface area contributed by atoms with Crippen LogP contribution in [-0.2, 0) is 10.2 Å². The number of halogens is 1. The molecule has 1 amide bonds. The Morgan fingerprint density at radius 2 is 2.04 bits per heavy atom. The molecule has 1 unspecified atom stereocenters. The first kappa shape index (κ1) is 19.0. The minimum absolute atomic E-state index is 0.0115. The topological polar surface area (TPSA) is 59.4 Å². The van der Waals surface area contributed by atoms with Gasteiger partial charge >= 0.3 is 0 Å². The molecule has 2 aliphatic rings. The van der Waals surface area contributed by atoms with Gasteiger partial charge in [-0.2, -0.15) is 5.26 Å². The summed E-state index contributed by atoms with van der Waals surface area (Å²) in [7, 11) is 0. The average molecular weight is 439 g/mol. The molecule has 0 aliphatic carbocycles. The number of amides is 1. The molecule has 2 aromatic rings. The average Bonchev–Trinajstić information content (AvgIpc) is 2.87. The summed E-state index contributed by atoms with van der Waals surface area (Å²) in [5.74, 6) is -0.0115. The maximum Gasteiger partial charge on any atom is 0.241 e. The number of benzene rings is 2. The quantitative estimate of drug-likeness (QED) is 0.767. The van der Waals surface area contributed by atoms with Crippen LogP contribution in [0.1, 0.15) is 31.9 Å². The Bertz CT molecular complexity index is 995. The van der Waals surface area contributed by atoms with Crippen LogP contribution in [0.3, 0.4) is 0 Å². The molecule has 0 bridgehead atoms. The van der Waals surface area contributed by atoms with E-state index >= 15 is 0 Å². The molecule has 1 atom stereocenters. The van der Waals surface area contributed by atoms with E-state index in [1.807, 2.05) is 32.0 Å². The Kier molecular flexibility index (Phi) is 4.68. The molecule has 4 rings (SSSR count). The highest BCUT2D eigenvalue weighted by Crippen LogP contribution is 2.48. The van der Waals surface area contributed by atoms with Gasteiger partial charge in [-0.15, -0.1) is 0 Å². The van der Waals surface area contributed by atoms with E-state index in [1.54, 1.807) is 4.90 Å². The number of anilines is 3. The largest absolute Gasteiger partial charge is 0.366 e. The summed E-state index contributed by atoms with van der Waals surface area (Å²) in [6.07, 6.45) is 0. The maximum atomic E-state index is 13.4. The number of piperazine rings is 1. The molecular formula is C22H23BrN4O. The van der Waals surface area contributed by atoms with Gasteiger partial charge in [0.25, 0.3) is 0 Å². The van der Waals surface area contributed by atoms with E-state index in [4.69, 9.17) is 0 Å². The van der Waals surface area contributed by atoms with Crippen LogP contribution in [0.15, 0.2) is 40.9 Å². The van der Waals surface area contributed by atoms with Gasteiger partial charge in [-0.1, -0.05) is 12.1 Å². The Morgan fingerprint density at radius 1 is 1.25 bits per heavy atom. The van der Waals surface area contributed by atoms with Crippen LogP contribution in [0, 0.1) is 11.3 Å². The molecule has 0 spiro atoms. The minimum atomic E-state index is -0.641. The summed E-state index contributed by atoms with van der Waals surface area (Å²) in [6, 6.07) is 14.4. The number of carbonyl (C=O) groups is 1. The van der Waals surface area contributed by atoms with Crippen molar-refractivity contribution in [2.45, 2.75) is 32.2 Å². The van der Waals surface area contributed by atoms with Gasteiger partial charge in [-0.3, -0.25) is 9.69 Å². The van der Waals surface area contributed by atoms with E-state index in [-0.39, 0.29) is 5.91 Å². The van der Waals surface area contributed by atoms with Gasteiger partial charge in [0.1, 0.15) is 6.07 Å². The van der Waals surface area contributed by atoms with E-state index in [2.05, 4.69) is 57.3 Å². The standard InChI is InChI=1S/C22H23BrN4O/c1-14-13-25-9-10-26(14)15-7-8-17-20(11-15)27(21(28)22(17,2)3)19-6-4-5-18(23)16(19)12-24/h4-8,11,14,25H,9-10,13H2,1-3H3. The van der Waals surface area contributed by atoms with E-state index in [0.29, 0.717) is 21.8 Å². The second-order valence-corrected chi connectivity index (χ2v) is 8.81. The van der Waals surface area contributed by atoms with Crippen LogP contribution in [0.4, 0.5) is 17.1 Å². The molecule has 6 heteroatoms. The van der Waals surface area contributed by atoms with Crippen LogP contribution in [0.2, 0.25) is 0 Å². The van der Waals surface area contributed by atoms with Crippen molar-refractivity contribution >= 4 is 38.9 Å². The molecule has 2 aromatic carbocycles. The molecule has 0 radical (unpaired) electrons. The highest BCUT2D eigenvalue weighted by Gasteiger charge is 2.45. The summed E-state index contributed by atoms with van der Waals surface area (Å²) in [4.78, 5) is 17.5. The fourth-order valence-corrected chi connectivity index (χ4v) is 4.63. The molecule has 1 fully saturated rings. The van der Waals surface area contributed by atoms with Crippen molar-refractivity contribution in [3.63, 3.8) is 0 Å². The molecule has 28 heavy (non-hydrogen) atoms. The number of rotatable bonds is 2. The highest BCUT2D eigenvalue weighted by atomic mass is 79.9.